The molecule has 11 heteroatoms. The molecular weight excluding hydrogens is 491 g/mol. The molecule has 0 radical (unpaired) electrons. The Bertz CT molecular complexity index is 1350. The highest BCUT2D eigenvalue weighted by molar-refractivity contribution is 7.00. The van der Waals surface area contributed by atoms with Crippen LogP contribution in [0, 0.1) is 11.7 Å². The molecule has 2 fully saturated rings. The van der Waals surface area contributed by atoms with Crippen LogP contribution in [0.2, 0.25) is 0 Å². The van der Waals surface area contributed by atoms with E-state index >= 15 is 0 Å². The third kappa shape index (κ3) is 4.55. The predicted molar refractivity (Wildman–Crippen MR) is 135 cm³/mol. The highest BCUT2D eigenvalue weighted by Crippen LogP contribution is 2.41. The second kappa shape index (κ2) is 9.43. The van der Waals surface area contributed by atoms with Gasteiger partial charge in [-0.3, -0.25) is 4.90 Å². The summed E-state index contributed by atoms with van der Waals surface area (Å²) in [6, 6.07) is 14.1. The lowest BCUT2D eigenvalue weighted by Crippen LogP contribution is -2.39. The number of anilines is 2. The average molecular weight is 515 g/mol. The van der Waals surface area contributed by atoms with Gasteiger partial charge in [0, 0.05) is 24.5 Å². The van der Waals surface area contributed by atoms with Crippen LogP contribution >= 0.6 is 24.1 Å². The highest BCUT2D eigenvalue weighted by atomic mass is 35.5. The Morgan fingerprint density at radius 1 is 1.11 bits per heavy atom. The summed E-state index contributed by atoms with van der Waals surface area (Å²) in [4.78, 5) is 14.4. The number of hydrogen-bond donors (Lipinski definition) is 1. The van der Waals surface area contributed by atoms with E-state index in [9.17, 15) is 9.18 Å². The minimum atomic E-state index is -0.435. The Morgan fingerprint density at radius 2 is 1.91 bits per heavy atom. The number of aromatic nitrogens is 4. The number of carbonyl (C=O) groups is 1. The van der Waals surface area contributed by atoms with Gasteiger partial charge in [-0.25, -0.2) is 13.9 Å². The lowest BCUT2D eigenvalue weighted by molar-refractivity contribution is 0.0148. The summed E-state index contributed by atoms with van der Waals surface area (Å²) >= 11 is 1.17. The molecule has 2 aliphatic rings. The molecule has 8 nitrogen and oxygen atoms in total. The SMILES string of the molecule is Cl.O=C1O[C@]2(CC[C@H](CNc3ccn(-c4ccccc4F)n3)CC2)CN1c1ccc2nsnc2c1. The lowest BCUT2D eigenvalue weighted by Gasteiger charge is -2.35. The highest BCUT2D eigenvalue weighted by Gasteiger charge is 2.47. The Morgan fingerprint density at radius 3 is 2.74 bits per heavy atom. The first-order chi connectivity index (χ1) is 16.6. The van der Waals surface area contributed by atoms with E-state index in [1.165, 1.54) is 17.8 Å². The zero-order chi connectivity index (χ0) is 23.1. The van der Waals surface area contributed by atoms with E-state index in [2.05, 4.69) is 19.2 Å². The molecule has 6 rings (SSSR count). The van der Waals surface area contributed by atoms with Gasteiger partial charge in [-0.05, 0) is 61.9 Å². The number of nitrogens with one attached hydrogen (secondary N) is 1. The molecule has 1 N–H and O–H groups in total. The van der Waals surface area contributed by atoms with E-state index in [0.29, 0.717) is 24.0 Å². The Hall–Kier alpha value is -3.24. The number of rotatable bonds is 5. The van der Waals surface area contributed by atoms with Crippen LogP contribution in [-0.4, -0.2) is 43.3 Å². The smallest absolute Gasteiger partial charge is 0.415 e. The Balaban J connectivity index is 0.00000253. The number of para-hydroxylation sites is 1. The quantitative estimate of drug-likeness (QED) is 0.382. The number of nitrogens with zero attached hydrogens (tertiary/aromatic N) is 5. The molecule has 1 amide bonds. The number of benzene rings is 2. The van der Waals surface area contributed by atoms with E-state index < -0.39 is 5.60 Å². The van der Waals surface area contributed by atoms with Crippen molar-refractivity contribution in [2.45, 2.75) is 31.3 Å². The van der Waals surface area contributed by atoms with E-state index in [4.69, 9.17) is 4.74 Å². The van der Waals surface area contributed by atoms with Crippen LogP contribution in [0.5, 0.6) is 0 Å². The molecule has 35 heavy (non-hydrogen) atoms. The molecule has 0 atom stereocenters. The predicted octanol–water partition coefficient (Wildman–Crippen LogP) is 5.44. The average Bonchev–Trinajstić information content (AvgIpc) is 3.58. The number of fused-ring (bicyclic) bond motifs is 1. The van der Waals surface area contributed by atoms with Crippen LogP contribution in [0.4, 0.5) is 20.7 Å². The molecule has 0 bridgehead atoms. The normalized spacial score (nSPS) is 21.8. The summed E-state index contributed by atoms with van der Waals surface area (Å²) in [5, 5.41) is 7.82. The van der Waals surface area contributed by atoms with Crippen molar-refractivity contribution < 1.29 is 13.9 Å². The number of hydrogen-bond acceptors (Lipinski definition) is 7. The van der Waals surface area contributed by atoms with Crippen LogP contribution in [0.3, 0.4) is 0 Å². The maximum absolute atomic E-state index is 14.0. The molecule has 1 saturated heterocycles. The van der Waals surface area contributed by atoms with Gasteiger partial charge in [-0.2, -0.15) is 13.8 Å². The molecule has 4 aromatic rings. The van der Waals surface area contributed by atoms with Crippen LogP contribution in [0.1, 0.15) is 25.7 Å². The summed E-state index contributed by atoms with van der Waals surface area (Å²) in [5.74, 6) is 0.862. The summed E-state index contributed by atoms with van der Waals surface area (Å²) < 4.78 is 29.9. The van der Waals surface area contributed by atoms with Crippen LogP contribution in [0.15, 0.2) is 54.7 Å². The minimum absolute atomic E-state index is 0. The third-order valence-corrected chi connectivity index (χ3v) is 7.35. The van der Waals surface area contributed by atoms with Crippen LogP contribution in [0.25, 0.3) is 16.7 Å². The zero-order valence-corrected chi connectivity index (χ0v) is 20.4. The maximum Gasteiger partial charge on any atom is 0.415 e. The molecule has 0 unspecified atom stereocenters. The molecular formula is C24H24ClFN6O2S. The van der Waals surface area contributed by atoms with Crippen molar-refractivity contribution in [3.8, 4) is 5.69 Å². The van der Waals surface area contributed by atoms with Gasteiger partial charge in [0.05, 0.1) is 18.3 Å². The number of amides is 1. The fourth-order valence-corrected chi connectivity index (χ4v) is 5.38. The van der Waals surface area contributed by atoms with E-state index in [1.807, 2.05) is 24.3 Å². The summed E-state index contributed by atoms with van der Waals surface area (Å²) in [7, 11) is 0. The largest absolute Gasteiger partial charge is 0.441 e. The Kier molecular flexibility index (Phi) is 6.33. The van der Waals surface area contributed by atoms with Gasteiger partial charge in [0.2, 0.25) is 0 Å². The molecule has 1 aliphatic carbocycles. The first-order valence-electron chi connectivity index (χ1n) is 11.4. The first-order valence-corrected chi connectivity index (χ1v) is 12.1. The van der Waals surface area contributed by atoms with Crippen molar-refractivity contribution in [3.63, 3.8) is 0 Å². The first kappa shape index (κ1) is 23.5. The molecule has 1 saturated carbocycles. The maximum atomic E-state index is 14.0. The molecule has 2 aromatic heterocycles. The van der Waals surface area contributed by atoms with Gasteiger partial charge in [0.15, 0.2) is 0 Å². The number of carbonyl (C=O) groups excluding carboxylic acids is 1. The molecule has 1 spiro atoms. The molecule has 3 heterocycles. The van der Waals surface area contributed by atoms with Gasteiger partial charge in [0.25, 0.3) is 0 Å². The zero-order valence-electron chi connectivity index (χ0n) is 18.8. The van der Waals surface area contributed by atoms with Gasteiger partial charge in [-0.15, -0.1) is 12.4 Å². The third-order valence-electron chi connectivity index (χ3n) is 6.80. The van der Waals surface area contributed by atoms with Gasteiger partial charge < -0.3 is 10.1 Å². The van der Waals surface area contributed by atoms with Gasteiger partial charge in [0.1, 0.15) is 34.0 Å². The van der Waals surface area contributed by atoms with Crippen molar-refractivity contribution in [1.29, 1.82) is 0 Å². The second-order valence-electron chi connectivity index (χ2n) is 9.00. The van der Waals surface area contributed by atoms with E-state index in [-0.39, 0.29) is 24.3 Å². The number of ether oxygens (including phenoxy) is 1. The molecule has 1 aliphatic heterocycles. The summed E-state index contributed by atoms with van der Waals surface area (Å²) in [5.41, 5.74) is 2.42. The van der Waals surface area contributed by atoms with Crippen molar-refractivity contribution >= 4 is 52.8 Å². The summed E-state index contributed by atoms with van der Waals surface area (Å²) in [6.45, 7) is 1.33. The lowest BCUT2D eigenvalue weighted by atomic mass is 9.78. The van der Waals surface area contributed by atoms with Crippen molar-refractivity contribution in [2.75, 3.05) is 23.3 Å². The topological polar surface area (TPSA) is 85.2 Å². The number of halogens is 2. The van der Waals surface area contributed by atoms with E-state index in [1.54, 1.807) is 34.0 Å². The molecule has 2 aromatic carbocycles. The van der Waals surface area contributed by atoms with Gasteiger partial charge >= 0.3 is 6.09 Å². The Labute approximate surface area is 211 Å². The fourth-order valence-electron chi connectivity index (χ4n) is 4.87. The standard InChI is InChI=1S/C24H23FN6O2S.ClH/c25-18-3-1-2-4-21(18)31-12-9-22(27-31)26-14-16-7-10-24(11-8-16)15-30(23(32)33-24)17-5-6-19-20(13-17)29-34-28-19;/h1-6,9,12-13,16H,7-8,10-11,14-15H2,(H,26,27);1H/t16-,24-;. The van der Waals surface area contributed by atoms with Crippen molar-refractivity contribution in [3.05, 3.63) is 60.5 Å². The fraction of sp³-hybridized carbons (Fsp3) is 0.333. The monoisotopic (exact) mass is 514 g/mol. The van der Waals surface area contributed by atoms with Gasteiger partial charge in [-0.1, -0.05) is 12.1 Å². The molecule has 182 valence electrons. The second-order valence-corrected chi connectivity index (χ2v) is 9.52. The minimum Gasteiger partial charge on any atom is -0.441 e. The van der Waals surface area contributed by atoms with Crippen LogP contribution < -0.4 is 10.2 Å². The van der Waals surface area contributed by atoms with Crippen LogP contribution in [-0.2, 0) is 4.74 Å². The van der Waals surface area contributed by atoms with Crippen molar-refractivity contribution in [2.24, 2.45) is 5.92 Å². The van der Waals surface area contributed by atoms with E-state index in [0.717, 1.165) is 48.9 Å². The van der Waals surface area contributed by atoms with Crippen molar-refractivity contribution in [1.82, 2.24) is 18.5 Å². The summed E-state index contributed by atoms with van der Waals surface area (Å²) in [6.07, 6.45) is 5.02.